The zero-order chi connectivity index (χ0) is 13.1. The molecule has 4 heteroatoms. The van der Waals surface area contributed by atoms with Crippen molar-refractivity contribution >= 4 is 21.9 Å². The summed E-state index contributed by atoms with van der Waals surface area (Å²) in [5, 5.41) is 9.11. The summed E-state index contributed by atoms with van der Waals surface area (Å²) in [5.74, 6) is 0.790. The van der Waals surface area contributed by atoms with Crippen LogP contribution in [0.1, 0.15) is 49.5 Å². The van der Waals surface area contributed by atoms with E-state index in [4.69, 9.17) is 5.11 Å². The molecule has 0 radical (unpaired) electrons. The Labute approximate surface area is 116 Å². The molecule has 1 N–H and O–H groups in total. The molecule has 1 aromatic rings. The van der Waals surface area contributed by atoms with Crippen LogP contribution in [0.3, 0.4) is 0 Å². The Kier molecular flexibility index (Phi) is 4.49. The summed E-state index contributed by atoms with van der Waals surface area (Å²) in [4.78, 5) is 11.1. The highest BCUT2D eigenvalue weighted by atomic mass is 79.9. The van der Waals surface area contributed by atoms with Gasteiger partial charge in [0.2, 0.25) is 0 Å². The molecule has 0 saturated heterocycles. The summed E-state index contributed by atoms with van der Waals surface area (Å²) in [6, 6.07) is 1.67. The van der Waals surface area contributed by atoms with Crippen molar-refractivity contribution in [2.75, 3.05) is 0 Å². The van der Waals surface area contributed by atoms with E-state index in [9.17, 15) is 4.79 Å². The summed E-state index contributed by atoms with van der Waals surface area (Å²) >= 11 is 3.34. The van der Waals surface area contributed by atoms with Gasteiger partial charge in [0.15, 0.2) is 0 Å². The second-order valence-corrected chi connectivity index (χ2v) is 6.37. The molecule has 0 amide bonds. The smallest absolute Gasteiger partial charge is 0.352 e. The maximum atomic E-state index is 11.1. The van der Waals surface area contributed by atoms with Crippen molar-refractivity contribution in [3.8, 4) is 0 Å². The van der Waals surface area contributed by atoms with Crippen molar-refractivity contribution in [2.24, 2.45) is 11.8 Å². The molecule has 0 atom stereocenters. The Balaban J connectivity index is 1.92. The summed E-state index contributed by atoms with van der Waals surface area (Å²) in [6.07, 6.45) is 8.21. The zero-order valence-electron chi connectivity index (χ0n) is 10.7. The average molecular weight is 314 g/mol. The number of aromatic nitrogens is 1. The van der Waals surface area contributed by atoms with Crippen LogP contribution >= 0.6 is 15.9 Å². The van der Waals surface area contributed by atoms with Crippen molar-refractivity contribution in [1.29, 1.82) is 0 Å². The molecule has 1 aliphatic carbocycles. The first-order valence-electron chi connectivity index (χ1n) is 6.65. The molecule has 0 unspecified atom stereocenters. The SMILES string of the molecule is CC1CCC(CCn2cc(Br)cc2C(=O)O)CC1. The Morgan fingerprint density at radius 2 is 2.11 bits per heavy atom. The summed E-state index contributed by atoms with van der Waals surface area (Å²) in [6.45, 7) is 3.13. The second kappa shape index (κ2) is 5.91. The number of halogens is 1. The first kappa shape index (κ1) is 13.7. The summed E-state index contributed by atoms with van der Waals surface area (Å²) in [7, 11) is 0. The third-order valence-corrected chi connectivity index (χ3v) is 4.43. The molecule has 0 aliphatic heterocycles. The fourth-order valence-corrected chi connectivity index (χ4v) is 3.24. The molecular formula is C14H20BrNO2. The predicted molar refractivity (Wildman–Crippen MR) is 74.8 cm³/mol. The van der Waals surface area contributed by atoms with Gasteiger partial charge in [-0.3, -0.25) is 0 Å². The third-order valence-electron chi connectivity index (χ3n) is 4.00. The van der Waals surface area contributed by atoms with E-state index < -0.39 is 5.97 Å². The van der Waals surface area contributed by atoms with E-state index in [-0.39, 0.29) is 0 Å². The van der Waals surface area contributed by atoms with Gasteiger partial charge < -0.3 is 9.67 Å². The van der Waals surface area contributed by atoms with Gasteiger partial charge in [-0.05, 0) is 40.3 Å². The summed E-state index contributed by atoms with van der Waals surface area (Å²) in [5.41, 5.74) is 0.381. The van der Waals surface area contributed by atoms with Gasteiger partial charge in [0.25, 0.3) is 0 Å². The fourth-order valence-electron chi connectivity index (χ4n) is 2.78. The lowest BCUT2D eigenvalue weighted by Gasteiger charge is -2.26. The predicted octanol–water partition coefficient (Wildman–Crippen LogP) is 4.17. The number of rotatable bonds is 4. The molecule has 2 rings (SSSR count). The van der Waals surface area contributed by atoms with Gasteiger partial charge in [-0.2, -0.15) is 0 Å². The fraction of sp³-hybridized carbons (Fsp3) is 0.643. The lowest BCUT2D eigenvalue weighted by Crippen LogP contribution is -2.15. The molecule has 1 saturated carbocycles. The van der Waals surface area contributed by atoms with Gasteiger partial charge in [0, 0.05) is 17.2 Å². The minimum absolute atomic E-state index is 0.381. The highest BCUT2D eigenvalue weighted by Gasteiger charge is 2.19. The molecule has 1 aromatic heterocycles. The largest absolute Gasteiger partial charge is 0.477 e. The maximum Gasteiger partial charge on any atom is 0.352 e. The van der Waals surface area contributed by atoms with E-state index in [0.29, 0.717) is 5.69 Å². The number of hydrogen-bond donors (Lipinski definition) is 1. The zero-order valence-corrected chi connectivity index (χ0v) is 12.3. The molecule has 0 spiro atoms. The van der Waals surface area contributed by atoms with Crippen molar-refractivity contribution < 1.29 is 9.90 Å². The van der Waals surface area contributed by atoms with Crippen molar-refractivity contribution in [1.82, 2.24) is 4.57 Å². The average Bonchev–Trinajstić information content (AvgIpc) is 2.70. The van der Waals surface area contributed by atoms with E-state index in [0.717, 1.165) is 29.3 Å². The van der Waals surface area contributed by atoms with Crippen molar-refractivity contribution in [2.45, 2.75) is 45.6 Å². The third kappa shape index (κ3) is 3.37. The van der Waals surface area contributed by atoms with Crippen LogP contribution in [-0.2, 0) is 6.54 Å². The second-order valence-electron chi connectivity index (χ2n) is 5.46. The highest BCUT2D eigenvalue weighted by Crippen LogP contribution is 2.31. The Bertz CT molecular complexity index is 419. The van der Waals surface area contributed by atoms with Gasteiger partial charge in [0.1, 0.15) is 5.69 Å². The Morgan fingerprint density at radius 1 is 1.44 bits per heavy atom. The standard InChI is InChI=1S/C14H20BrNO2/c1-10-2-4-11(5-3-10)6-7-16-9-12(15)8-13(16)14(17)18/h8-11H,2-7H2,1H3,(H,17,18). The van der Waals surface area contributed by atoms with Gasteiger partial charge in [-0.15, -0.1) is 0 Å². The van der Waals surface area contributed by atoms with E-state index in [1.165, 1.54) is 25.7 Å². The first-order valence-corrected chi connectivity index (χ1v) is 7.44. The van der Waals surface area contributed by atoms with Crippen LogP contribution in [-0.4, -0.2) is 15.6 Å². The molecule has 0 bridgehead atoms. The van der Waals surface area contributed by atoms with Crippen LogP contribution in [0, 0.1) is 11.8 Å². The molecule has 1 fully saturated rings. The number of aromatic carboxylic acids is 1. The van der Waals surface area contributed by atoms with Crippen LogP contribution < -0.4 is 0 Å². The molecule has 0 aromatic carbocycles. The number of carboxylic acid groups (broad SMARTS) is 1. The highest BCUT2D eigenvalue weighted by molar-refractivity contribution is 9.10. The van der Waals surface area contributed by atoms with Gasteiger partial charge in [-0.1, -0.05) is 32.6 Å². The number of carboxylic acids is 1. The normalized spacial score (nSPS) is 24.1. The van der Waals surface area contributed by atoms with Crippen molar-refractivity contribution in [3.05, 3.63) is 22.4 Å². The van der Waals surface area contributed by atoms with Crippen LogP contribution in [0.25, 0.3) is 0 Å². The van der Waals surface area contributed by atoms with Crippen molar-refractivity contribution in [3.63, 3.8) is 0 Å². The number of nitrogens with zero attached hydrogens (tertiary/aromatic N) is 1. The summed E-state index contributed by atoms with van der Waals surface area (Å²) < 4.78 is 2.70. The van der Waals surface area contributed by atoms with Crippen LogP contribution in [0.2, 0.25) is 0 Å². The molecule has 1 heterocycles. The van der Waals surface area contributed by atoms with Gasteiger partial charge in [-0.25, -0.2) is 4.79 Å². The Hall–Kier alpha value is -0.770. The van der Waals surface area contributed by atoms with E-state index in [1.54, 1.807) is 6.07 Å². The first-order chi connectivity index (χ1) is 8.56. The topological polar surface area (TPSA) is 42.2 Å². The number of hydrogen-bond acceptors (Lipinski definition) is 1. The minimum atomic E-state index is -0.849. The monoisotopic (exact) mass is 313 g/mol. The quantitative estimate of drug-likeness (QED) is 0.906. The van der Waals surface area contributed by atoms with Crippen LogP contribution in [0.4, 0.5) is 0 Å². The van der Waals surface area contributed by atoms with E-state index in [2.05, 4.69) is 22.9 Å². The van der Waals surface area contributed by atoms with E-state index in [1.807, 2.05) is 10.8 Å². The lowest BCUT2D eigenvalue weighted by atomic mass is 9.81. The van der Waals surface area contributed by atoms with Crippen LogP contribution in [0.5, 0.6) is 0 Å². The lowest BCUT2D eigenvalue weighted by molar-refractivity contribution is 0.0684. The molecule has 1 aliphatic rings. The molecule has 3 nitrogen and oxygen atoms in total. The molecular weight excluding hydrogens is 294 g/mol. The Morgan fingerprint density at radius 3 is 2.72 bits per heavy atom. The van der Waals surface area contributed by atoms with E-state index >= 15 is 0 Å². The van der Waals surface area contributed by atoms with Gasteiger partial charge >= 0.3 is 5.97 Å². The van der Waals surface area contributed by atoms with Crippen LogP contribution in [0.15, 0.2) is 16.7 Å². The molecule has 18 heavy (non-hydrogen) atoms. The minimum Gasteiger partial charge on any atom is -0.477 e. The number of carbonyl (C=O) groups is 1. The molecule has 100 valence electrons. The maximum absolute atomic E-state index is 11.1. The van der Waals surface area contributed by atoms with Gasteiger partial charge in [0.05, 0.1) is 0 Å². The number of aryl methyl sites for hydroxylation is 1.